The average Bonchev–Trinajstić information content (AvgIpc) is 1.85. The van der Waals surface area contributed by atoms with E-state index in [9.17, 15) is 9.59 Å². The summed E-state index contributed by atoms with van der Waals surface area (Å²) in [5.41, 5.74) is 0. The Morgan fingerprint density at radius 1 is 1.73 bits per heavy atom. The maximum Gasteiger partial charge on any atom is 0.234 e. The maximum absolute atomic E-state index is 10.9. The number of likely N-dealkylation sites (N-methyl/N-ethyl adjacent to an activating group) is 1. The first kappa shape index (κ1) is 8.20. The Morgan fingerprint density at radius 2 is 2.36 bits per heavy atom. The van der Waals surface area contributed by atoms with Crippen LogP contribution in [0.15, 0.2) is 0 Å². The Bertz CT molecular complexity index is 191. The molecule has 62 valence electrons. The molecule has 0 radical (unpaired) electrons. The maximum atomic E-state index is 10.9. The van der Waals surface area contributed by atoms with Crippen LogP contribution in [0.25, 0.3) is 0 Å². The summed E-state index contributed by atoms with van der Waals surface area (Å²) in [6, 6.07) is -0.304. The molecule has 0 aromatic carbocycles. The summed E-state index contributed by atoms with van der Waals surface area (Å²) in [5.74, 6) is -0.0520. The highest BCUT2D eigenvalue weighted by Crippen LogP contribution is 1.97. The van der Waals surface area contributed by atoms with Crippen LogP contribution in [0.2, 0.25) is 0 Å². The van der Waals surface area contributed by atoms with Gasteiger partial charge in [0, 0.05) is 6.54 Å². The van der Waals surface area contributed by atoms with Crippen LogP contribution in [0.3, 0.4) is 0 Å². The molecule has 0 aromatic rings. The standard InChI is InChI=1S/C7H12N2O2/c1-5(10)6-3-9(2)4-7(11)8-6/h6H,3-4H2,1-2H3,(H,8,11)/t6-/m1/s1. The second kappa shape index (κ2) is 3.00. The van der Waals surface area contributed by atoms with Crippen molar-refractivity contribution >= 4 is 11.7 Å². The van der Waals surface area contributed by atoms with Crippen LogP contribution in [-0.4, -0.2) is 42.8 Å². The predicted octanol–water partition coefficient (Wildman–Crippen LogP) is -0.994. The normalized spacial score (nSPS) is 26.4. The number of piperazine rings is 1. The highest BCUT2D eigenvalue weighted by molar-refractivity contribution is 5.89. The van der Waals surface area contributed by atoms with Crippen molar-refractivity contribution in [3.8, 4) is 0 Å². The molecule has 4 heteroatoms. The second-order valence-corrected chi connectivity index (χ2v) is 2.93. The van der Waals surface area contributed by atoms with Crippen molar-refractivity contribution in [2.45, 2.75) is 13.0 Å². The van der Waals surface area contributed by atoms with Crippen LogP contribution >= 0.6 is 0 Å². The van der Waals surface area contributed by atoms with Gasteiger partial charge in [0.2, 0.25) is 5.91 Å². The molecule has 1 amide bonds. The van der Waals surface area contributed by atoms with Gasteiger partial charge in [0.05, 0.1) is 12.6 Å². The third-order valence-corrected chi connectivity index (χ3v) is 1.73. The van der Waals surface area contributed by atoms with Gasteiger partial charge in [0.25, 0.3) is 0 Å². The third-order valence-electron chi connectivity index (χ3n) is 1.73. The van der Waals surface area contributed by atoms with Crippen LogP contribution in [0.1, 0.15) is 6.92 Å². The van der Waals surface area contributed by atoms with Gasteiger partial charge in [-0.15, -0.1) is 0 Å². The Balaban J connectivity index is 2.56. The molecule has 1 rings (SSSR count). The van der Waals surface area contributed by atoms with Gasteiger partial charge in [-0.25, -0.2) is 0 Å². The highest BCUT2D eigenvalue weighted by Gasteiger charge is 2.24. The Hall–Kier alpha value is -0.900. The Morgan fingerprint density at radius 3 is 2.82 bits per heavy atom. The molecule has 1 fully saturated rings. The first-order valence-electron chi connectivity index (χ1n) is 3.58. The zero-order valence-electron chi connectivity index (χ0n) is 6.76. The van der Waals surface area contributed by atoms with Gasteiger partial charge in [-0.3, -0.25) is 14.5 Å². The van der Waals surface area contributed by atoms with E-state index in [-0.39, 0.29) is 17.7 Å². The molecule has 0 aromatic heterocycles. The lowest BCUT2D eigenvalue weighted by Crippen LogP contribution is -2.55. The van der Waals surface area contributed by atoms with Crippen molar-refractivity contribution in [2.24, 2.45) is 0 Å². The molecular weight excluding hydrogens is 144 g/mol. The Labute approximate surface area is 65.6 Å². The lowest BCUT2D eigenvalue weighted by Gasteiger charge is -2.28. The minimum Gasteiger partial charge on any atom is -0.344 e. The summed E-state index contributed by atoms with van der Waals surface area (Å²) < 4.78 is 0. The van der Waals surface area contributed by atoms with Crippen molar-refractivity contribution in [1.29, 1.82) is 0 Å². The van der Waals surface area contributed by atoms with Crippen molar-refractivity contribution in [1.82, 2.24) is 10.2 Å². The molecule has 1 aliphatic rings. The van der Waals surface area contributed by atoms with Gasteiger partial charge in [0.1, 0.15) is 0 Å². The summed E-state index contributed by atoms with van der Waals surface area (Å²) >= 11 is 0. The topological polar surface area (TPSA) is 49.4 Å². The minimum atomic E-state index is -0.304. The number of hydrogen-bond donors (Lipinski definition) is 1. The molecule has 1 saturated heterocycles. The predicted molar refractivity (Wildman–Crippen MR) is 40.1 cm³/mol. The molecule has 0 aliphatic carbocycles. The minimum absolute atomic E-state index is 0.0184. The SMILES string of the molecule is CC(=O)[C@H]1CN(C)CC(=O)N1. The lowest BCUT2D eigenvalue weighted by atomic mass is 10.1. The van der Waals surface area contributed by atoms with Gasteiger partial charge >= 0.3 is 0 Å². The van der Waals surface area contributed by atoms with Gasteiger partial charge in [-0.2, -0.15) is 0 Å². The molecule has 1 atom stereocenters. The number of rotatable bonds is 1. The third kappa shape index (κ3) is 2.01. The highest BCUT2D eigenvalue weighted by atomic mass is 16.2. The fraction of sp³-hybridized carbons (Fsp3) is 0.714. The summed E-state index contributed by atoms with van der Waals surface area (Å²) in [5, 5.41) is 2.62. The number of hydrogen-bond acceptors (Lipinski definition) is 3. The van der Waals surface area contributed by atoms with Crippen LogP contribution in [-0.2, 0) is 9.59 Å². The summed E-state index contributed by atoms with van der Waals surface area (Å²) in [7, 11) is 1.83. The number of nitrogens with zero attached hydrogens (tertiary/aromatic N) is 1. The first-order valence-corrected chi connectivity index (χ1v) is 3.58. The number of Topliss-reactive ketones (excluding diaryl/α,β-unsaturated/α-hetero) is 1. The largest absolute Gasteiger partial charge is 0.344 e. The zero-order valence-corrected chi connectivity index (χ0v) is 6.76. The fourth-order valence-electron chi connectivity index (χ4n) is 1.14. The number of ketones is 1. The quantitative estimate of drug-likeness (QED) is 0.530. The van der Waals surface area contributed by atoms with E-state index >= 15 is 0 Å². The molecule has 0 bridgehead atoms. The smallest absolute Gasteiger partial charge is 0.234 e. The van der Waals surface area contributed by atoms with E-state index in [2.05, 4.69) is 5.32 Å². The van der Waals surface area contributed by atoms with E-state index < -0.39 is 0 Å². The molecule has 11 heavy (non-hydrogen) atoms. The van der Waals surface area contributed by atoms with E-state index in [1.54, 1.807) is 0 Å². The molecule has 0 saturated carbocycles. The summed E-state index contributed by atoms with van der Waals surface area (Å²) in [6.45, 7) is 2.51. The number of nitrogens with one attached hydrogen (secondary N) is 1. The number of carbonyl (C=O) groups excluding carboxylic acids is 2. The Kier molecular flexibility index (Phi) is 2.24. The van der Waals surface area contributed by atoms with Crippen LogP contribution in [0.4, 0.5) is 0 Å². The van der Waals surface area contributed by atoms with Gasteiger partial charge in [0.15, 0.2) is 5.78 Å². The van der Waals surface area contributed by atoms with Crippen LogP contribution in [0.5, 0.6) is 0 Å². The van der Waals surface area contributed by atoms with Crippen LogP contribution < -0.4 is 5.32 Å². The summed E-state index contributed by atoms with van der Waals surface area (Å²) in [6.07, 6.45) is 0. The number of carbonyl (C=O) groups is 2. The van der Waals surface area contributed by atoms with Crippen molar-refractivity contribution < 1.29 is 9.59 Å². The van der Waals surface area contributed by atoms with E-state index in [0.717, 1.165) is 0 Å². The first-order chi connectivity index (χ1) is 5.09. The monoisotopic (exact) mass is 156 g/mol. The van der Waals surface area contributed by atoms with Crippen molar-refractivity contribution in [3.05, 3.63) is 0 Å². The number of amides is 1. The van der Waals surface area contributed by atoms with Gasteiger partial charge in [-0.1, -0.05) is 0 Å². The molecule has 0 spiro atoms. The molecule has 4 nitrogen and oxygen atoms in total. The van der Waals surface area contributed by atoms with Crippen molar-refractivity contribution in [2.75, 3.05) is 20.1 Å². The zero-order chi connectivity index (χ0) is 8.43. The average molecular weight is 156 g/mol. The lowest BCUT2D eigenvalue weighted by molar-refractivity contribution is -0.130. The van der Waals surface area contributed by atoms with E-state index in [4.69, 9.17) is 0 Å². The van der Waals surface area contributed by atoms with Crippen LogP contribution in [0, 0.1) is 0 Å². The van der Waals surface area contributed by atoms with E-state index in [1.165, 1.54) is 6.92 Å². The van der Waals surface area contributed by atoms with Gasteiger partial charge in [-0.05, 0) is 14.0 Å². The molecule has 1 N–H and O–H groups in total. The fourth-order valence-corrected chi connectivity index (χ4v) is 1.14. The summed E-state index contributed by atoms with van der Waals surface area (Å²) in [4.78, 5) is 23.6. The van der Waals surface area contributed by atoms with E-state index in [0.29, 0.717) is 13.1 Å². The van der Waals surface area contributed by atoms with Gasteiger partial charge < -0.3 is 5.32 Å². The molecule has 0 unspecified atom stereocenters. The van der Waals surface area contributed by atoms with E-state index in [1.807, 2.05) is 11.9 Å². The van der Waals surface area contributed by atoms with Crippen molar-refractivity contribution in [3.63, 3.8) is 0 Å². The molecular formula is C7H12N2O2. The molecule has 1 heterocycles. The second-order valence-electron chi connectivity index (χ2n) is 2.93. The molecule has 1 aliphatic heterocycles.